The van der Waals surface area contributed by atoms with Crippen LogP contribution in [0.15, 0.2) is 54.6 Å². The van der Waals surface area contributed by atoms with Crippen LogP contribution in [0.2, 0.25) is 0 Å². The molecule has 2 aromatic carbocycles. The Morgan fingerprint density at radius 1 is 1.08 bits per heavy atom. The van der Waals surface area contributed by atoms with Crippen molar-refractivity contribution in [3.63, 3.8) is 0 Å². The number of benzene rings is 2. The molecule has 1 fully saturated rings. The number of nitrogens with zero attached hydrogens (tertiary/aromatic N) is 1. The Labute approximate surface area is 144 Å². The van der Waals surface area contributed by atoms with Gasteiger partial charge in [0.15, 0.2) is 0 Å². The van der Waals surface area contributed by atoms with E-state index < -0.39 is 0 Å². The molecule has 1 aliphatic rings. The second kappa shape index (κ2) is 8.00. The second-order valence-corrected chi connectivity index (χ2v) is 6.64. The summed E-state index contributed by atoms with van der Waals surface area (Å²) < 4.78 is 5.83. The molecule has 0 unspecified atom stereocenters. The molecule has 3 heteroatoms. The minimum Gasteiger partial charge on any atom is -0.489 e. The highest BCUT2D eigenvalue weighted by Gasteiger charge is 2.20. The van der Waals surface area contributed by atoms with E-state index in [0.29, 0.717) is 18.1 Å². The molecule has 0 spiro atoms. The molecule has 1 aliphatic carbocycles. The maximum Gasteiger partial charge on any atom is 0.253 e. The first kappa shape index (κ1) is 16.6. The molecule has 0 aromatic heterocycles. The predicted octanol–water partition coefficient (Wildman–Crippen LogP) is 4.53. The average Bonchev–Trinajstić information content (AvgIpc) is 3.13. The molecule has 0 radical (unpaired) electrons. The van der Waals surface area contributed by atoms with E-state index in [-0.39, 0.29) is 5.91 Å². The molecule has 1 amide bonds. The smallest absolute Gasteiger partial charge is 0.253 e. The minimum atomic E-state index is 0.0760. The van der Waals surface area contributed by atoms with Gasteiger partial charge in [-0.05, 0) is 42.5 Å². The van der Waals surface area contributed by atoms with Gasteiger partial charge >= 0.3 is 0 Å². The predicted molar refractivity (Wildman–Crippen MR) is 96.1 cm³/mol. The number of hydrogen-bond donors (Lipinski definition) is 0. The third kappa shape index (κ3) is 4.38. The van der Waals surface area contributed by atoms with Gasteiger partial charge in [0.2, 0.25) is 0 Å². The first-order valence-electron chi connectivity index (χ1n) is 8.74. The van der Waals surface area contributed by atoms with Gasteiger partial charge in [0, 0.05) is 19.2 Å². The molecule has 0 saturated heterocycles. The summed E-state index contributed by atoms with van der Waals surface area (Å²) in [6.07, 6.45) is 5.10. The van der Waals surface area contributed by atoms with Crippen LogP contribution in [0.5, 0.6) is 5.75 Å². The van der Waals surface area contributed by atoms with E-state index in [2.05, 4.69) is 0 Å². The quantitative estimate of drug-likeness (QED) is 0.782. The van der Waals surface area contributed by atoms with Gasteiger partial charge in [0.05, 0.1) is 0 Å². The van der Waals surface area contributed by atoms with E-state index in [0.717, 1.165) is 17.9 Å². The normalized spacial score (nSPS) is 14.5. The molecule has 0 atom stereocenters. The largest absolute Gasteiger partial charge is 0.489 e. The van der Waals surface area contributed by atoms with E-state index in [9.17, 15) is 4.79 Å². The van der Waals surface area contributed by atoms with Crippen LogP contribution < -0.4 is 4.74 Å². The summed E-state index contributed by atoms with van der Waals surface area (Å²) in [5.74, 6) is 1.47. The molecule has 0 bridgehead atoms. The maximum absolute atomic E-state index is 12.6. The SMILES string of the molecule is CN(CC1CCCC1)C(=O)c1cccc(OCc2ccccc2)c1. The summed E-state index contributed by atoms with van der Waals surface area (Å²) in [5, 5.41) is 0. The summed E-state index contributed by atoms with van der Waals surface area (Å²) >= 11 is 0. The van der Waals surface area contributed by atoms with E-state index in [4.69, 9.17) is 4.74 Å². The van der Waals surface area contributed by atoms with Gasteiger partial charge in [-0.3, -0.25) is 4.79 Å². The van der Waals surface area contributed by atoms with Crippen LogP contribution in [-0.4, -0.2) is 24.4 Å². The van der Waals surface area contributed by atoms with Crippen LogP contribution in [-0.2, 0) is 6.61 Å². The zero-order valence-electron chi connectivity index (χ0n) is 14.3. The van der Waals surface area contributed by atoms with Crippen molar-refractivity contribution in [2.75, 3.05) is 13.6 Å². The molecule has 1 saturated carbocycles. The Morgan fingerprint density at radius 3 is 2.58 bits per heavy atom. The van der Waals surface area contributed by atoms with E-state index in [1.807, 2.05) is 66.5 Å². The summed E-state index contributed by atoms with van der Waals surface area (Å²) in [5.41, 5.74) is 1.81. The highest BCUT2D eigenvalue weighted by molar-refractivity contribution is 5.94. The van der Waals surface area contributed by atoms with Gasteiger partial charge in [-0.2, -0.15) is 0 Å². The minimum absolute atomic E-state index is 0.0760. The molecule has 2 aromatic rings. The van der Waals surface area contributed by atoms with Crippen molar-refractivity contribution < 1.29 is 9.53 Å². The lowest BCUT2D eigenvalue weighted by atomic mass is 10.1. The second-order valence-electron chi connectivity index (χ2n) is 6.64. The monoisotopic (exact) mass is 323 g/mol. The van der Waals surface area contributed by atoms with Crippen molar-refractivity contribution in [2.45, 2.75) is 32.3 Å². The molecule has 3 nitrogen and oxygen atoms in total. The lowest BCUT2D eigenvalue weighted by Gasteiger charge is -2.21. The fourth-order valence-electron chi connectivity index (χ4n) is 3.34. The number of ether oxygens (including phenoxy) is 1. The first-order valence-corrected chi connectivity index (χ1v) is 8.74. The molecule has 0 heterocycles. The van der Waals surface area contributed by atoms with Crippen molar-refractivity contribution in [3.8, 4) is 5.75 Å². The van der Waals surface area contributed by atoms with Crippen LogP contribution in [0.1, 0.15) is 41.6 Å². The van der Waals surface area contributed by atoms with Crippen molar-refractivity contribution in [3.05, 3.63) is 65.7 Å². The number of carbonyl (C=O) groups is 1. The fourth-order valence-corrected chi connectivity index (χ4v) is 3.34. The van der Waals surface area contributed by atoms with Gasteiger partial charge in [-0.1, -0.05) is 49.2 Å². The summed E-state index contributed by atoms with van der Waals surface area (Å²) in [7, 11) is 1.90. The Morgan fingerprint density at radius 2 is 1.83 bits per heavy atom. The van der Waals surface area contributed by atoms with Crippen LogP contribution in [0.4, 0.5) is 0 Å². The van der Waals surface area contributed by atoms with Gasteiger partial charge in [-0.15, -0.1) is 0 Å². The third-order valence-corrected chi connectivity index (χ3v) is 4.68. The maximum atomic E-state index is 12.6. The van der Waals surface area contributed by atoms with E-state index in [1.165, 1.54) is 25.7 Å². The molecule has 3 rings (SSSR count). The molecule has 126 valence electrons. The van der Waals surface area contributed by atoms with Crippen LogP contribution in [0.3, 0.4) is 0 Å². The zero-order valence-corrected chi connectivity index (χ0v) is 14.3. The van der Waals surface area contributed by atoms with Gasteiger partial charge in [0.1, 0.15) is 12.4 Å². The highest BCUT2D eigenvalue weighted by Crippen LogP contribution is 2.26. The zero-order chi connectivity index (χ0) is 16.8. The lowest BCUT2D eigenvalue weighted by molar-refractivity contribution is 0.0773. The van der Waals surface area contributed by atoms with Crippen LogP contribution in [0.25, 0.3) is 0 Å². The van der Waals surface area contributed by atoms with Gasteiger partial charge in [0.25, 0.3) is 5.91 Å². The number of hydrogen-bond acceptors (Lipinski definition) is 2. The van der Waals surface area contributed by atoms with Crippen molar-refractivity contribution >= 4 is 5.91 Å². The van der Waals surface area contributed by atoms with E-state index in [1.54, 1.807) is 0 Å². The van der Waals surface area contributed by atoms with Gasteiger partial charge in [-0.25, -0.2) is 0 Å². The number of carbonyl (C=O) groups excluding carboxylic acids is 1. The highest BCUT2D eigenvalue weighted by atomic mass is 16.5. The first-order chi connectivity index (χ1) is 11.7. The van der Waals surface area contributed by atoms with Gasteiger partial charge < -0.3 is 9.64 Å². The Kier molecular flexibility index (Phi) is 5.52. The average molecular weight is 323 g/mol. The molecular weight excluding hydrogens is 298 g/mol. The third-order valence-electron chi connectivity index (χ3n) is 4.68. The Bertz CT molecular complexity index is 663. The summed E-state index contributed by atoms with van der Waals surface area (Å²) in [6, 6.07) is 17.5. The van der Waals surface area contributed by atoms with Crippen molar-refractivity contribution in [1.82, 2.24) is 4.90 Å². The number of amides is 1. The van der Waals surface area contributed by atoms with Crippen LogP contribution in [0, 0.1) is 5.92 Å². The fraction of sp³-hybridized carbons (Fsp3) is 0.381. The Balaban J connectivity index is 1.60. The Hall–Kier alpha value is -2.29. The topological polar surface area (TPSA) is 29.5 Å². The van der Waals surface area contributed by atoms with Crippen LogP contribution >= 0.6 is 0 Å². The standard InChI is InChI=1S/C21H25NO2/c1-22(15-17-8-5-6-9-17)21(23)19-12-7-13-20(14-19)24-16-18-10-3-2-4-11-18/h2-4,7,10-14,17H,5-6,8-9,15-16H2,1H3. The summed E-state index contributed by atoms with van der Waals surface area (Å²) in [4.78, 5) is 14.5. The van der Waals surface area contributed by atoms with Crippen molar-refractivity contribution in [2.24, 2.45) is 5.92 Å². The summed E-state index contributed by atoms with van der Waals surface area (Å²) in [6.45, 7) is 1.37. The lowest BCUT2D eigenvalue weighted by Crippen LogP contribution is -2.31. The van der Waals surface area contributed by atoms with E-state index >= 15 is 0 Å². The van der Waals surface area contributed by atoms with Crippen molar-refractivity contribution in [1.29, 1.82) is 0 Å². The molecular formula is C21H25NO2. The molecule has 0 aliphatic heterocycles. The molecule has 0 N–H and O–H groups in total. The number of rotatable bonds is 6. The molecule has 24 heavy (non-hydrogen) atoms.